The summed E-state index contributed by atoms with van der Waals surface area (Å²) in [7, 11) is 1.72. The quantitative estimate of drug-likeness (QED) is 0.935. The number of amides is 2. The van der Waals surface area contributed by atoms with Gasteiger partial charge >= 0.3 is 6.03 Å². The van der Waals surface area contributed by atoms with Crippen LogP contribution in [0.2, 0.25) is 0 Å². The number of urea groups is 1. The average molecular weight is 279 g/mol. The van der Waals surface area contributed by atoms with E-state index in [9.17, 15) is 9.18 Å². The second-order valence-electron chi connectivity index (χ2n) is 4.03. The van der Waals surface area contributed by atoms with Crippen molar-refractivity contribution in [3.05, 3.63) is 36.1 Å². The molecule has 1 aromatic heterocycles. The van der Waals surface area contributed by atoms with Crippen molar-refractivity contribution in [3.63, 3.8) is 0 Å². The molecular weight excluding hydrogens is 265 g/mol. The predicted octanol–water partition coefficient (Wildman–Crippen LogP) is 3.43. The standard InChI is InChI=1S/C13H14FN3OS/c1-3-17(2)13(18)15-12-8-11(16-19-12)9-4-6-10(14)7-5-9/h4-8H,3H2,1-2H3,(H,15,18). The lowest BCUT2D eigenvalue weighted by molar-refractivity contribution is 0.225. The number of nitrogens with zero attached hydrogens (tertiary/aromatic N) is 2. The Bertz CT molecular complexity index is 568. The first-order chi connectivity index (χ1) is 9.10. The fraction of sp³-hybridized carbons (Fsp3) is 0.231. The Labute approximate surface area is 115 Å². The van der Waals surface area contributed by atoms with E-state index >= 15 is 0 Å². The molecule has 2 rings (SSSR count). The summed E-state index contributed by atoms with van der Waals surface area (Å²) in [6.45, 7) is 2.53. The van der Waals surface area contributed by atoms with Crippen molar-refractivity contribution < 1.29 is 9.18 Å². The van der Waals surface area contributed by atoms with E-state index < -0.39 is 0 Å². The minimum atomic E-state index is -0.280. The number of rotatable bonds is 3. The zero-order valence-electron chi connectivity index (χ0n) is 10.7. The molecule has 1 N–H and O–H groups in total. The molecule has 1 aromatic carbocycles. The topological polar surface area (TPSA) is 45.2 Å². The van der Waals surface area contributed by atoms with Crippen molar-refractivity contribution in [1.82, 2.24) is 9.27 Å². The van der Waals surface area contributed by atoms with E-state index in [2.05, 4.69) is 9.69 Å². The van der Waals surface area contributed by atoms with Crippen LogP contribution in [0.15, 0.2) is 30.3 Å². The summed E-state index contributed by atoms with van der Waals surface area (Å²) in [5, 5.41) is 3.43. The highest BCUT2D eigenvalue weighted by Gasteiger charge is 2.10. The molecule has 2 aromatic rings. The molecule has 0 radical (unpaired) electrons. The molecule has 0 saturated carbocycles. The van der Waals surface area contributed by atoms with Crippen LogP contribution in [0.4, 0.5) is 14.2 Å². The average Bonchev–Trinajstić information content (AvgIpc) is 2.87. The number of hydrogen-bond acceptors (Lipinski definition) is 3. The van der Waals surface area contributed by atoms with Gasteiger partial charge in [-0.05, 0) is 42.7 Å². The Kier molecular flexibility index (Phi) is 4.11. The number of carbonyl (C=O) groups excluding carboxylic acids is 1. The summed E-state index contributed by atoms with van der Waals surface area (Å²) in [5.74, 6) is -0.280. The lowest BCUT2D eigenvalue weighted by atomic mass is 10.1. The second-order valence-corrected chi connectivity index (χ2v) is 4.83. The van der Waals surface area contributed by atoms with Crippen LogP contribution < -0.4 is 5.32 Å². The first-order valence-corrected chi connectivity index (χ1v) is 6.62. The largest absolute Gasteiger partial charge is 0.328 e. The van der Waals surface area contributed by atoms with Gasteiger partial charge in [0.15, 0.2) is 0 Å². The van der Waals surface area contributed by atoms with Gasteiger partial charge in [0, 0.05) is 25.2 Å². The first kappa shape index (κ1) is 13.5. The highest BCUT2D eigenvalue weighted by molar-refractivity contribution is 7.10. The second kappa shape index (κ2) is 5.79. The highest BCUT2D eigenvalue weighted by atomic mass is 32.1. The molecule has 19 heavy (non-hydrogen) atoms. The summed E-state index contributed by atoms with van der Waals surface area (Å²) in [6, 6.07) is 7.70. The maximum Gasteiger partial charge on any atom is 0.322 e. The number of carbonyl (C=O) groups is 1. The van der Waals surface area contributed by atoms with Crippen LogP contribution in [0.3, 0.4) is 0 Å². The molecule has 2 amide bonds. The maximum atomic E-state index is 12.8. The molecule has 0 fully saturated rings. The lowest BCUT2D eigenvalue weighted by Gasteiger charge is -2.13. The molecule has 0 saturated heterocycles. The molecule has 0 atom stereocenters. The van der Waals surface area contributed by atoms with E-state index in [0.29, 0.717) is 11.5 Å². The molecule has 0 aliphatic rings. The third-order valence-corrected chi connectivity index (χ3v) is 3.41. The minimum absolute atomic E-state index is 0.170. The van der Waals surface area contributed by atoms with Gasteiger partial charge in [-0.15, -0.1) is 0 Å². The summed E-state index contributed by atoms with van der Waals surface area (Å²) < 4.78 is 17.1. The molecule has 100 valence electrons. The van der Waals surface area contributed by atoms with E-state index in [1.54, 1.807) is 30.1 Å². The maximum absolute atomic E-state index is 12.8. The third-order valence-electron chi connectivity index (χ3n) is 2.70. The minimum Gasteiger partial charge on any atom is -0.328 e. The Hall–Kier alpha value is -1.95. The lowest BCUT2D eigenvalue weighted by Crippen LogP contribution is -2.30. The number of aromatic nitrogens is 1. The molecule has 4 nitrogen and oxygen atoms in total. The van der Waals surface area contributed by atoms with Crippen LogP contribution in [-0.2, 0) is 0 Å². The van der Waals surface area contributed by atoms with Gasteiger partial charge < -0.3 is 4.90 Å². The van der Waals surface area contributed by atoms with Crippen LogP contribution >= 0.6 is 11.5 Å². The van der Waals surface area contributed by atoms with Gasteiger partial charge in [-0.3, -0.25) is 5.32 Å². The number of nitrogens with one attached hydrogen (secondary N) is 1. The van der Waals surface area contributed by atoms with Crippen molar-refractivity contribution in [1.29, 1.82) is 0 Å². The summed E-state index contributed by atoms with van der Waals surface area (Å²) in [6.07, 6.45) is 0. The van der Waals surface area contributed by atoms with Crippen molar-refractivity contribution in [2.45, 2.75) is 6.92 Å². The fourth-order valence-corrected chi connectivity index (χ4v) is 2.09. The van der Waals surface area contributed by atoms with E-state index in [4.69, 9.17) is 0 Å². The van der Waals surface area contributed by atoms with Gasteiger partial charge in [0.2, 0.25) is 0 Å². The monoisotopic (exact) mass is 279 g/mol. The molecule has 6 heteroatoms. The Morgan fingerprint density at radius 3 is 2.74 bits per heavy atom. The van der Waals surface area contributed by atoms with Crippen LogP contribution in [0, 0.1) is 5.82 Å². The first-order valence-electron chi connectivity index (χ1n) is 5.85. The Morgan fingerprint density at radius 2 is 2.11 bits per heavy atom. The van der Waals surface area contributed by atoms with Gasteiger partial charge in [-0.1, -0.05) is 0 Å². The van der Waals surface area contributed by atoms with E-state index in [1.807, 2.05) is 6.92 Å². The molecule has 0 spiro atoms. The van der Waals surface area contributed by atoms with E-state index in [0.717, 1.165) is 11.3 Å². The van der Waals surface area contributed by atoms with Crippen LogP contribution in [0.5, 0.6) is 0 Å². The predicted molar refractivity (Wildman–Crippen MR) is 74.8 cm³/mol. The summed E-state index contributed by atoms with van der Waals surface area (Å²) >= 11 is 1.20. The zero-order chi connectivity index (χ0) is 13.8. The molecule has 0 unspecified atom stereocenters. The van der Waals surface area contributed by atoms with Crippen molar-refractivity contribution >= 4 is 22.6 Å². The third kappa shape index (κ3) is 3.29. The zero-order valence-corrected chi connectivity index (χ0v) is 11.5. The normalized spacial score (nSPS) is 10.3. The Balaban J connectivity index is 2.11. The van der Waals surface area contributed by atoms with Crippen molar-refractivity contribution in [2.75, 3.05) is 18.9 Å². The van der Waals surface area contributed by atoms with Crippen molar-refractivity contribution in [2.24, 2.45) is 0 Å². The van der Waals surface area contributed by atoms with Gasteiger partial charge in [0.1, 0.15) is 10.8 Å². The molecule has 0 aliphatic heterocycles. The SMILES string of the molecule is CCN(C)C(=O)Nc1cc(-c2ccc(F)cc2)ns1. The van der Waals surface area contributed by atoms with Crippen LogP contribution in [-0.4, -0.2) is 28.9 Å². The summed E-state index contributed by atoms with van der Waals surface area (Å²) in [4.78, 5) is 13.2. The highest BCUT2D eigenvalue weighted by Crippen LogP contribution is 2.25. The van der Waals surface area contributed by atoms with Crippen LogP contribution in [0.1, 0.15) is 6.92 Å². The van der Waals surface area contributed by atoms with E-state index in [-0.39, 0.29) is 11.8 Å². The van der Waals surface area contributed by atoms with Gasteiger partial charge in [0.25, 0.3) is 0 Å². The molecule has 0 bridgehead atoms. The molecule has 1 heterocycles. The number of benzene rings is 1. The van der Waals surface area contributed by atoms with Crippen LogP contribution in [0.25, 0.3) is 11.3 Å². The molecule has 0 aliphatic carbocycles. The van der Waals surface area contributed by atoms with Gasteiger partial charge in [0.05, 0.1) is 5.69 Å². The molecular formula is C13H14FN3OS. The van der Waals surface area contributed by atoms with Gasteiger partial charge in [-0.25, -0.2) is 9.18 Å². The number of anilines is 1. The van der Waals surface area contributed by atoms with Crippen molar-refractivity contribution in [3.8, 4) is 11.3 Å². The number of halogens is 1. The van der Waals surface area contributed by atoms with Gasteiger partial charge in [-0.2, -0.15) is 4.37 Å². The number of hydrogen-bond donors (Lipinski definition) is 1. The Morgan fingerprint density at radius 1 is 1.42 bits per heavy atom. The smallest absolute Gasteiger partial charge is 0.322 e. The fourth-order valence-electron chi connectivity index (χ4n) is 1.44. The summed E-state index contributed by atoms with van der Waals surface area (Å²) in [5.41, 5.74) is 1.54. The van der Waals surface area contributed by atoms with E-state index in [1.165, 1.54) is 23.7 Å².